The predicted octanol–water partition coefficient (Wildman–Crippen LogP) is 6.36. The van der Waals surface area contributed by atoms with Crippen molar-refractivity contribution in [3.8, 4) is 5.75 Å². The van der Waals surface area contributed by atoms with Gasteiger partial charge < -0.3 is 20.7 Å². The van der Waals surface area contributed by atoms with Crippen molar-refractivity contribution in [2.75, 3.05) is 23.6 Å². The molecule has 1 aromatic heterocycles. The maximum atomic E-state index is 13.1. The Morgan fingerprint density at radius 2 is 1.89 bits per heavy atom. The molecule has 0 aliphatic carbocycles. The van der Waals surface area contributed by atoms with Gasteiger partial charge in [-0.25, -0.2) is 13.4 Å². The summed E-state index contributed by atoms with van der Waals surface area (Å²) in [5.41, 5.74) is 1.24. The number of aromatic nitrogens is 2. The van der Waals surface area contributed by atoms with E-state index in [1.54, 1.807) is 25.1 Å². The molecule has 1 saturated heterocycles. The van der Waals surface area contributed by atoms with Crippen molar-refractivity contribution in [1.29, 1.82) is 0 Å². The molecule has 1 aliphatic heterocycles. The summed E-state index contributed by atoms with van der Waals surface area (Å²) in [6.07, 6.45) is -0.231. The lowest BCUT2D eigenvalue weighted by molar-refractivity contribution is 0.243. The number of ether oxygens (including phenoxy) is 1. The number of nitrogens with zero attached hydrogens (tertiary/aromatic N) is 2. The SMILES string of the molecule is [2H]c1c(C)c(C2CC([2H])([2H])NC([2H])([2H])C2)cc(OC([2H])(C)C)c1Nc1ncc(Cl)c(Nc2ccccc2S(=O)(=O)C([2H])(C)C)n1. The lowest BCUT2D eigenvalue weighted by Crippen LogP contribution is -2.27. The number of benzene rings is 2. The predicted molar refractivity (Wildman–Crippen MR) is 154 cm³/mol. The van der Waals surface area contributed by atoms with Crippen LogP contribution in [-0.4, -0.2) is 42.7 Å². The standard InChI is InChI=1S/C28H36ClN5O3S/c1-17(2)37-25-15-21(20-10-12-30-13-11-20)19(5)14-24(25)33-28-31-16-22(29)27(34-28)32-23-8-6-7-9-26(23)38(35,36)18(3)4/h6-9,14-18,20,30H,10-13H2,1-5H3,(H2,31,32,33,34)/i12D2,13D2,14D,17D,18D. The van der Waals surface area contributed by atoms with Gasteiger partial charge in [0.2, 0.25) is 5.95 Å². The van der Waals surface area contributed by atoms with Crippen LogP contribution in [-0.2, 0) is 9.84 Å². The third-order valence-electron chi connectivity index (χ3n) is 5.85. The molecule has 1 fully saturated rings. The van der Waals surface area contributed by atoms with Crippen LogP contribution < -0.4 is 20.7 Å². The van der Waals surface area contributed by atoms with E-state index in [-0.39, 0.29) is 57.7 Å². The highest BCUT2D eigenvalue weighted by Gasteiger charge is 2.24. The molecular formula is C28H36ClN5O3S. The van der Waals surface area contributed by atoms with Crippen LogP contribution in [0.5, 0.6) is 5.75 Å². The monoisotopic (exact) mass is 564 g/mol. The van der Waals surface area contributed by atoms with Gasteiger partial charge in [-0.05, 0) is 102 Å². The number of para-hydroxylation sites is 1. The Bertz CT molecular complexity index is 1700. The number of halogens is 1. The molecule has 1 aliphatic rings. The molecule has 0 spiro atoms. The molecule has 8 nitrogen and oxygen atoms in total. The zero-order valence-electron chi connectivity index (χ0n) is 28.9. The molecule has 0 unspecified atom stereocenters. The number of sulfone groups is 1. The van der Waals surface area contributed by atoms with Gasteiger partial charge in [0.1, 0.15) is 10.8 Å². The van der Waals surface area contributed by atoms with Crippen molar-refractivity contribution in [3.05, 3.63) is 58.7 Å². The van der Waals surface area contributed by atoms with E-state index in [1.165, 1.54) is 46.0 Å². The number of anilines is 4. The third-order valence-corrected chi connectivity index (χ3v) is 8.14. The van der Waals surface area contributed by atoms with Crippen LogP contribution in [0.2, 0.25) is 5.02 Å². The third kappa shape index (κ3) is 6.39. The first-order valence-corrected chi connectivity index (χ1v) is 13.9. The Morgan fingerprint density at radius 3 is 2.58 bits per heavy atom. The van der Waals surface area contributed by atoms with Gasteiger partial charge in [-0.15, -0.1) is 0 Å². The van der Waals surface area contributed by atoms with E-state index < -0.39 is 40.1 Å². The van der Waals surface area contributed by atoms with E-state index in [2.05, 4.69) is 25.9 Å². The molecule has 2 heterocycles. The summed E-state index contributed by atoms with van der Waals surface area (Å²) in [7, 11) is -4.07. The fourth-order valence-corrected chi connectivity index (χ4v) is 5.19. The van der Waals surface area contributed by atoms with Gasteiger partial charge in [0.15, 0.2) is 15.7 Å². The smallest absolute Gasteiger partial charge is 0.229 e. The van der Waals surface area contributed by atoms with Crippen molar-refractivity contribution in [1.82, 2.24) is 15.3 Å². The number of hydrogen-bond donors (Lipinski definition) is 3. The van der Waals surface area contributed by atoms with Crippen LogP contribution in [0, 0.1) is 6.92 Å². The van der Waals surface area contributed by atoms with E-state index >= 15 is 0 Å². The van der Waals surface area contributed by atoms with Gasteiger partial charge in [0.25, 0.3) is 0 Å². The van der Waals surface area contributed by atoms with E-state index in [4.69, 9.17) is 25.9 Å². The Kier molecular flexibility index (Phi) is 6.28. The van der Waals surface area contributed by atoms with E-state index in [1.807, 2.05) is 0 Å². The summed E-state index contributed by atoms with van der Waals surface area (Å²) >= 11 is 6.38. The van der Waals surface area contributed by atoms with Gasteiger partial charge >= 0.3 is 0 Å². The topological polar surface area (TPSA) is 105 Å². The van der Waals surface area contributed by atoms with Crippen LogP contribution in [0.15, 0.2) is 47.5 Å². The first-order chi connectivity index (χ1) is 20.5. The zero-order valence-corrected chi connectivity index (χ0v) is 23.4. The zero-order chi connectivity index (χ0) is 33.8. The Hall–Kier alpha value is -2.88. The summed E-state index contributed by atoms with van der Waals surface area (Å²) in [6.45, 7) is 3.27. The Morgan fingerprint density at radius 1 is 1.18 bits per heavy atom. The van der Waals surface area contributed by atoms with Crippen molar-refractivity contribution < 1.29 is 22.7 Å². The van der Waals surface area contributed by atoms with Crippen LogP contribution in [0.1, 0.15) is 67.2 Å². The summed E-state index contributed by atoms with van der Waals surface area (Å²) in [5, 5.41) is 6.51. The molecule has 4 rings (SSSR count). The van der Waals surface area contributed by atoms with Crippen LogP contribution in [0.25, 0.3) is 0 Å². The van der Waals surface area contributed by atoms with Crippen LogP contribution in [0.4, 0.5) is 23.1 Å². The van der Waals surface area contributed by atoms with Gasteiger partial charge in [0, 0.05) is 6.85 Å². The minimum atomic E-state index is -4.07. The summed E-state index contributed by atoms with van der Waals surface area (Å²) in [6, 6.07) is 7.60. The number of hydrogen-bond acceptors (Lipinski definition) is 8. The fourth-order valence-electron chi connectivity index (χ4n) is 3.94. The van der Waals surface area contributed by atoms with Gasteiger partial charge in [-0.2, -0.15) is 4.98 Å². The molecule has 10 heteroatoms. The number of nitrogens with one attached hydrogen (secondary N) is 3. The van der Waals surface area contributed by atoms with Gasteiger partial charge in [-0.1, -0.05) is 23.7 Å². The summed E-state index contributed by atoms with van der Waals surface area (Å²) < 4.78 is 90.3. The number of rotatable bonds is 9. The lowest BCUT2D eigenvalue weighted by atomic mass is 9.87. The van der Waals surface area contributed by atoms with E-state index in [0.29, 0.717) is 11.1 Å². The molecule has 0 radical (unpaired) electrons. The molecule has 0 saturated carbocycles. The van der Waals surface area contributed by atoms with Crippen molar-refractivity contribution in [3.63, 3.8) is 0 Å². The highest BCUT2D eigenvalue weighted by Crippen LogP contribution is 2.37. The van der Waals surface area contributed by atoms with E-state index in [0.717, 1.165) is 0 Å². The Labute approximate surface area is 240 Å². The second-order valence-corrected chi connectivity index (χ2v) is 11.9. The molecule has 2 aromatic carbocycles. The molecular weight excluding hydrogens is 522 g/mol. The largest absolute Gasteiger partial charge is 0.489 e. The minimum Gasteiger partial charge on any atom is -0.489 e. The quantitative estimate of drug-likeness (QED) is 0.275. The second-order valence-electron chi connectivity index (χ2n) is 9.23. The molecule has 0 bridgehead atoms. The summed E-state index contributed by atoms with van der Waals surface area (Å²) in [4.78, 5) is 8.50. The van der Waals surface area contributed by atoms with Gasteiger partial charge in [0.05, 0.1) is 36.5 Å². The second kappa shape index (κ2) is 11.9. The highest BCUT2D eigenvalue weighted by atomic mass is 35.5. The highest BCUT2D eigenvalue weighted by molar-refractivity contribution is 7.92. The molecule has 3 N–H and O–H groups in total. The average Bonchev–Trinajstić information content (AvgIpc) is 2.87. The molecule has 0 amide bonds. The summed E-state index contributed by atoms with van der Waals surface area (Å²) in [5.74, 6) is -0.492. The number of piperidine rings is 1. The van der Waals surface area contributed by atoms with Crippen molar-refractivity contribution in [2.45, 2.75) is 69.6 Å². The maximum Gasteiger partial charge on any atom is 0.229 e. The lowest BCUT2D eigenvalue weighted by Gasteiger charge is -2.26. The average molecular weight is 565 g/mol. The van der Waals surface area contributed by atoms with Crippen LogP contribution >= 0.6 is 11.6 Å². The van der Waals surface area contributed by atoms with Crippen LogP contribution in [0.3, 0.4) is 0 Å². The first-order valence-electron chi connectivity index (χ1n) is 15.5. The fraction of sp³-hybridized carbons (Fsp3) is 0.429. The van der Waals surface area contributed by atoms with Gasteiger partial charge in [-0.3, -0.25) is 0 Å². The molecule has 3 aromatic rings. The maximum absolute atomic E-state index is 13.1. The molecule has 38 heavy (non-hydrogen) atoms. The molecule has 204 valence electrons. The van der Waals surface area contributed by atoms with E-state index in [9.17, 15) is 8.42 Å². The van der Waals surface area contributed by atoms with Crippen molar-refractivity contribution in [2.24, 2.45) is 0 Å². The minimum absolute atomic E-state index is 0.0345. The van der Waals surface area contributed by atoms with Crippen molar-refractivity contribution >= 4 is 44.6 Å². The first kappa shape index (κ1) is 20.1. The molecule has 0 atom stereocenters. The Balaban J connectivity index is 1.76. The normalized spacial score (nSPS) is 20.5.